The Kier molecular flexibility index (Phi) is 5.00. The van der Waals surface area contributed by atoms with Crippen LogP contribution in [0.3, 0.4) is 0 Å². The highest BCUT2D eigenvalue weighted by atomic mass is 15.1. The number of rotatable bonds is 6. The molecule has 0 spiro atoms. The Morgan fingerprint density at radius 3 is 2.58 bits per heavy atom. The predicted octanol–water partition coefficient (Wildman–Crippen LogP) is 3.46. The van der Waals surface area contributed by atoms with E-state index in [1.807, 2.05) is 0 Å². The number of nitrogens with one attached hydrogen (secondary N) is 2. The second-order valence-corrected chi connectivity index (χ2v) is 5.67. The van der Waals surface area contributed by atoms with E-state index in [-0.39, 0.29) is 0 Å². The number of nitrogens with zero attached hydrogens (tertiary/aromatic N) is 2. The van der Waals surface area contributed by atoms with Crippen molar-refractivity contribution in [3.05, 3.63) is 11.9 Å². The molecule has 1 aromatic heterocycles. The van der Waals surface area contributed by atoms with Gasteiger partial charge in [0.2, 0.25) is 0 Å². The van der Waals surface area contributed by atoms with E-state index in [4.69, 9.17) is 0 Å². The van der Waals surface area contributed by atoms with Crippen LogP contribution in [0.4, 0.5) is 11.6 Å². The molecular weight excluding hydrogens is 236 g/mol. The first-order valence-electron chi connectivity index (χ1n) is 7.51. The van der Waals surface area contributed by atoms with Crippen molar-refractivity contribution in [3.63, 3.8) is 0 Å². The van der Waals surface area contributed by atoms with E-state index in [0.29, 0.717) is 0 Å². The summed E-state index contributed by atoms with van der Waals surface area (Å²) in [6.07, 6.45) is 6.84. The molecule has 0 saturated heterocycles. The highest BCUT2D eigenvalue weighted by Crippen LogP contribution is 2.31. The summed E-state index contributed by atoms with van der Waals surface area (Å²) in [5.41, 5.74) is 1.13. The molecule has 0 bridgehead atoms. The fourth-order valence-electron chi connectivity index (χ4n) is 2.80. The van der Waals surface area contributed by atoms with E-state index in [9.17, 15) is 0 Å². The third-order valence-electron chi connectivity index (χ3n) is 4.20. The molecule has 0 aliphatic heterocycles. The van der Waals surface area contributed by atoms with Gasteiger partial charge in [-0.25, -0.2) is 9.97 Å². The Labute approximate surface area is 116 Å². The molecule has 2 atom stereocenters. The predicted molar refractivity (Wildman–Crippen MR) is 80.5 cm³/mol. The van der Waals surface area contributed by atoms with Gasteiger partial charge < -0.3 is 10.6 Å². The molecule has 19 heavy (non-hydrogen) atoms. The van der Waals surface area contributed by atoms with Crippen molar-refractivity contribution in [1.82, 2.24) is 9.97 Å². The van der Waals surface area contributed by atoms with Gasteiger partial charge in [0.15, 0.2) is 0 Å². The maximum atomic E-state index is 4.37. The molecule has 2 unspecified atom stereocenters. The van der Waals surface area contributed by atoms with Gasteiger partial charge in [0, 0.05) is 18.7 Å². The summed E-state index contributed by atoms with van der Waals surface area (Å²) in [6.45, 7) is 8.59. The summed E-state index contributed by atoms with van der Waals surface area (Å²) >= 11 is 0. The maximum Gasteiger partial charge on any atom is 0.134 e. The van der Waals surface area contributed by atoms with E-state index in [1.54, 1.807) is 6.33 Å². The van der Waals surface area contributed by atoms with Gasteiger partial charge in [-0.2, -0.15) is 0 Å². The van der Waals surface area contributed by atoms with Crippen LogP contribution in [0.5, 0.6) is 0 Å². The zero-order chi connectivity index (χ0) is 13.7. The summed E-state index contributed by atoms with van der Waals surface area (Å²) in [5, 5.41) is 6.86. The normalized spacial score (nSPS) is 22.5. The molecule has 106 valence electrons. The van der Waals surface area contributed by atoms with E-state index in [0.717, 1.165) is 48.5 Å². The highest BCUT2D eigenvalue weighted by Gasteiger charge is 2.23. The third-order valence-corrected chi connectivity index (χ3v) is 4.20. The van der Waals surface area contributed by atoms with Gasteiger partial charge >= 0.3 is 0 Å². The van der Waals surface area contributed by atoms with Crippen molar-refractivity contribution in [1.29, 1.82) is 0 Å². The molecule has 1 saturated carbocycles. The zero-order valence-corrected chi connectivity index (χ0v) is 12.4. The average molecular weight is 262 g/mol. The van der Waals surface area contributed by atoms with Crippen LogP contribution in [0.25, 0.3) is 0 Å². The Morgan fingerprint density at radius 2 is 1.95 bits per heavy atom. The van der Waals surface area contributed by atoms with Gasteiger partial charge in [0.1, 0.15) is 18.0 Å². The van der Waals surface area contributed by atoms with Crippen LogP contribution in [0.15, 0.2) is 6.33 Å². The lowest BCUT2D eigenvalue weighted by Crippen LogP contribution is -2.18. The van der Waals surface area contributed by atoms with Gasteiger partial charge in [-0.15, -0.1) is 0 Å². The molecule has 1 aromatic rings. The minimum Gasteiger partial charge on any atom is -0.370 e. The fourth-order valence-corrected chi connectivity index (χ4v) is 2.80. The van der Waals surface area contributed by atoms with Gasteiger partial charge in [-0.05, 0) is 31.6 Å². The minimum atomic E-state index is 0.793. The van der Waals surface area contributed by atoms with E-state index < -0.39 is 0 Å². The van der Waals surface area contributed by atoms with Gasteiger partial charge in [-0.1, -0.05) is 26.7 Å². The lowest BCUT2D eigenvalue weighted by atomic mass is 9.98. The quantitative estimate of drug-likeness (QED) is 0.824. The van der Waals surface area contributed by atoms with Crippen molar-refractivity contribution >= 4 is 11.6 Å². The molecule has 0 aromatic carbocycles. The van der Waals surface area contributed by atoms with Gasteiger partial charge in [-0.3, -0.25) is 0 Å². The summed E-state index contributed by atoms with van der Waals surface area (Å²) in [4.78, 5) is 8.68. The smallest absolute Gasteiger partial charge is 0.134 e. The first-order valence-corrected chi connectivity index (χ1v) is 7.51. The van der Waals surface area contributed by atoms with Crippen LogP contribution in [-0.2, 0) is 0 Å². The third kappa shape index (κ3) is 3.58. The Morgan fingerprint density at radius 1 is 1.21 bits per heavy atom. The monoisotopic (exact) mass is 262 g/mol. The van der Waals surface area contributed by atoms with Crippen molar-refractivity contribution in [2.45, 2.75) is 46.5 Å². The number of anilines is 2. The van der Waals surface area contributed by atoms with E-state index in [1.165, 1.54) is 19.3 Å². The summed E-state index contributed by atoms with van der Waals surface area (Å²) in [6, 6.07) is 0. The molecule has 1 fully saturated rings. The molecule has 1 aliphatic rings. The van der Waals surface area contributed by atoms with Crippen molar-refractivity contribution < 1.29 is 0 Å². The van der Waals surface area contributed by atoms with Crippen molar-refractivity contribution in [2.24, 2.45) is 11.8 Å². The van der Waals surface area contributed by atoms with Crippen LogP contribution < -0.4 is 10.6 Å². The Balaban J connectivity index is 1.96. The molecule has 1 heterocycles. The molecule has 0 radical (unpaired) electrons. The zero-order valence-electron chi connectivity index (χ0n) is 12.4. The standard InChI is InChI=1S/C15H26N4/c1-4-8-16-14-12(3)15(19-10-18-14)17-9-13-7-5-6-11(13)2/h10-11,13H,4-9H2,1-3H3,(H2,16,17,18,19). The number of hydrogen-bond donors (Lipinski definition) is 2. The van der Waals surface area contributed by atoms with Crippen LogP contribution in [0, 0.1) is 18.8 Å². The van der Waals surface area contributed by atoms with Gasteiger partial charge in [0.25, 0.3) is 0 Å². The van der Waals surface area contributed by atoms with Gasteiger partial charge in [0.05, 0.1) is 0 Å². The first kappa shape index (κ1) is 14.1. The molecule has 0 amide bonds. The van der Waals surface area contributed by atoms with Crippen molar-refractivity contribution in [3.8, 4) is 0 Å². The molecule has 4 heteroatoms. The lowest BCUT2D eigenvalue weighted by Gasteiger charge is -2.18. The van der Waals surface area contributed by atoms with Crippen LogP contribution in [0.1, 0.15) is 45.1 Å². The fraction of sp³-hybridized carbons (Fsp3) is 0.733. The van der Waals surface area contributed by atoms with E-state index in [2.05, 4.69) is 41.4 Å². The molecule has 4 nitrogen and oxygen atoms in total. The van der Waals surface area contributed by atoms with E-state index >= 15 is 0 Å². The van der Waals surface area contributed by atoms with Crippen LogP contribution >= 0.6 is 0 Å². The lowest BCUT2D eigenvalue weighted by molar-refractivity contribution is 0.439. The summed E-state index contributed by atoms with van der Waals surface area (Å²) in [5.74, 6) is 3.57. The van der Waals surface area contributed by atoms with Crippen molar-refractivity contribution in [2.75, 3.05) is 23.7 Å². The average Bonchev–Trinajstić information content (AvgIpc) is 2.82. The number of aromatic nitrogens is 2. The summed E-state index contributed by atoms with van der Waals surface area (Å²) < 4.78 is 0. The second-order valence-electron chi connectivity index (χ2n) is 5.67. The molecule has 2 N–H and O–H groups in total. The topological polar surface area (TPSA) is 49.8 Å². The maximum absolute atomic E-state index is 4.37. The molecular formula is C15H26N4. The van der Waals surface area contributed by atoms with Crippen LogP contribution in [-0.4, -0.2) is 23.1 Å². The number of hydrogen-bond acceptors (Lipinski definition) is 4. The first-order chi connectivity index (χ1) is 9.22. The Bertz CT molecular complexity index is 405. The second kappa shape index (κ2) is 6.73. The molecule has 1 aliphatic carbocycles. The minimum absolute atomic E-state index is 0.793. The van der Waals surface area contributed by atoms with Crippen LogP contribution in [0.2, 0.25) is 0 Å². The Hall–Kier alpha value is -1.32. The SMILES string of the molecule is CCCNc1ncnc(NCC2CCCC2C)c1C. The largest absolute Gasteiger partial charge is 0.370 e. The summed E-state index contributed by atoms with van der Waals surface area (Å²) in [7, 11) is 0. The molecule has 2 rings (SSSR count). The highest BCUT2D eigenvalue weighted by molar-refractivity contribution is 5.56.